The Bertz CT molecular complexity index is 404. The van der Waals surface area contributed by atoms with E-state index in [0.717, 1.165) is 24.1 Å². The maximum Gasteiger partial charge on any atom is 0.226 e. The number of benzene rings is 1. The molecule has 1 rings (SSSR count). The molecule has 0 heterocycles. The molecule has 0 bridgehead atoms. The topological polar surface area (TPSA) is 46.3 Å². The highest BCUT2D eigenvalue weighted by Crippen LogP contribution is 2.16. The normalized spacial score (nSPS) is 10.6. The molecule has 0 aromatic heterocycles. The molecule has 2 N–H and O–H groups in total. The van der Waals surface area contributed by atoms with E-state index in [1.807, 2.05) is 31.3 Å². The average Bonchev–Trinajstić information content (AvgIpc) is 2.49. The summed E-state index contributed by atoms with van der Waals surface area (Å²) in [6.07, 6.45) is 7.88. The first-order chi connectivity index (χ1) is 9.69. The Hall–Kier alpha value is -1.35. The standard InChI is InChI=1S/C17H28N2O/c1-3-4-5-6-7-8-12-17(20)19(2)16-11-9-10-15(13-16)14-18/h9-11,13H,3-8,12,14,18H2,1-2H3. The van der Waals surface area contributed by atoms with Crippen molar-refractivity contribution in [1.82, 2.24) is 0 Å². The van der Waals surface area contributed by atoms with Crippen LogP contribution in [-0.4, -0.2) is 13.0 Å². The van der Waals surface area contributed by atoms with Gasteiger partial charge in [-0.15, -0.1) is 0 Å². The molecule has 0 aliphatic carbocycles. The molecule has 0 saturated carbocycles. The Morgan fingerprint density at radius 3 is 2.55 bits per heavy atom. The highest BCUT2D eigenvalue weighted by Gasteiger charge is 2.10. The number of carbonyl (C=O) groups is 1. The third-order valence-corrected chi connectivity index (χ3v) is 3.65. The molecule has 0 aliphatic rings. The van der Waals surface area contributed by atoms with Crippen LogP contribution < -0.4 is 10.6 Å². The van der Waals surface area contributed by atoms with Gasteiger partial charge in [-0.05, 0) is 24.1 Å². The first-order valence-electron chi connectivity index (χ1n) is 7.74. The van der Waals surface area contributed by atoms with Crippen LogP contribution in [0.1, 0.15) is 57.4 Å². The molecule has 0 aliphatic heterocycles. The van der Waals surface area contributed by atoms with Crippen molar-refractivity contribution in [2.45, 2.75) is 58.4 Å². The molecule has 20 heavy (non-hydrogen) atoms. The van der Waals surface area contributed by atoms with E-state index in [4.69, 9.17) is 5.73 Å². The third-order valence-electron chi connectivity index (χ3n) is 3.65. The van der Waals surface area contributed by atoms with Crippen LogP contribution in [0.15, 0.2) is 24.3 Å². The molecule has 0 saturated heterocycles. The molecule has 3 nitrogen and oxygen atoms in total. The van der Waals surface area contributed by atoms with E-state index >= 15 is 0 Å². The zero-order valence-corrected chi connectivity index (χ0v) is 12.9. The quantitative estimate of drug-likeness (QED) is 0.696. The van der Waals surface area contributed by atoms with Crippen molar-refractivity contribution in [2.24, 2.45) is 5.73 Å². The smallest absolute Gasteiger partial charge is 0.226 e. The van der Waals surface area contributed by atoms with Crippen molar-refractivity contribution in [3.8, 4) is 0 Å². The van der Waals surface area contributed by atoms with Gasteiger partial charge in [0.25, 0.3) is 0 Å². The SMILES string of the molecule is CCCCCCCCC(=O)N(C)c1cccc(CN)c1. The predicted octanol–water partition coefficient (Wildman–Crippen LogP) is 3.86. The average molecular weight is 276 g/mol. The lowest BCUT2D eigenvalue weighted by atomic mass is 10.1. The second-order valence-corrected chi connectivity index (χ2v) is 5.34. The number of anilines is 1. The number of nitrogens with zero attached hydrogens (tertiary/aromatic N) is 1. The fraction of sp³-hybridized carbons (Fsp3) is 0.588. The number of unbranched alkanes of at least 4 members (excludes halogenated alkanes) is 5. The molecule has 0 fully saturated rings. The van der Waals surface area contributed by atoms with Crippen LogP contribution in [-0.2, 0) is 11.3 Å². The zero-order chi connectivity index (χ0) is 14.8. The number of hydrogen-bond acceptors (Lipinski definition) is 2. The molecule has 0 spiro atoms. The van der Waals surface area contributed by atoms with Gasteiger partial charge in [-0.3, -0.25) is 4.79 Å². The number of rotatable bonds is 9. The fourth-order valence-corrected chi connectivity index (χ4v) is 2.26. The van der Waals surface area contributed by atoms with E-state index in [9.17, 15) is 4.79 Å². The van der Waals surface area contributed by atoms with Crippen LogP contribution >= 0.6 is 0 Å². The summed E-state index contributed by atoms with van der Waals surface area (Å²) in [6, 6.07) is 7.87. The first kappa shape index (κ1) is 16.7. The first-order valence-corrected chi connectivity index (χ1v) is 7.74. The molecule has 3 heteroatoms. The highest BCUT2D eigenvalue weighted by atomic mass is 16.2. The maximum atomic E-state index is 12.1. The minimum Gasteiger partial charge on any atom is -0.326 e. The minimum atomic E-state index is 0.190. The highest BCUT2D eigenvalue weighted by molar-refractivity contribution is 5.92. The number of carbonyl (C=O) groups excluding carboxylic acids is 1. The Morgan fingerprint density at radius 2 is 1.85 bits per heavy atom. The Balaban J connectivity index is 2.34. The van der Waals surface area contributed by atoms with E-state index < -0.39 is 0 Å². The molecule has 1 aromatic carbocycles. The zero-order valence-electron chi connectivity index (χ0n) is 12.9. The summed E-state index contributed by atoms with van der Waals surface area (Å²) in [5.41, 5.74) is 7.62. The van der Waals surface area contributed by atoms with Crippen molar-refractivity contribution in [2.75, 3.05) is 11.9 Å². The summed E-state index contributed by atoms with van der Waals surface area (Å²) >= 11 is 0. The van der Waals surface area contributed by atoms with E-state index in [1.54, 1.807) is 4.90 Å². The van der Waals surface area contributed by atoms with Gasteiger partial charge in [0.15, 0.2) is 0 Å². The van der Waals surface area contributed by atoms with E-state index in [1.165, 1.54) is 25.7 Å². The van der Waals surface area contributed by atoms with Crippen molar-refractivity contribution in [1.29, 1.82) is 0 Å². The van der Waals surface area contributed by atoms with Gasteiger partial charge >= 0.3 is 0 Å². The summed E-state index contributed by atoms with van der Waals surface area (Å²) in [5, 5.41) is 0. The largest absolute Gasteiger partial charge is 0.326 e. The van der Waals surface area contributed by atoms with Crippen LogP contribution in [0, 0.1) is 0 Å². The molecule has 1 aromatic rings. The maximum absolute atomic E-state index is 12.1. The van der Waals surface area contributed by atoms with Gasteiger partial charge in [0, 0.05) is 25.7 Å². The van der Waals surface area contributed by atoms with Crippen LogP contribution in [0.3, 0.4) is 0 Å². The summed E-state index contributed by atoms with van der Waals surface area (Å²) < 4.78 is 0. The fourth-order valence-electron chi connectivity index (χ4n) is 2.26. The number of nitrogens with two attached hydrogens (primary N) is 1. The van der Waals surface area contributed by atoms with E-state index in [2.05, 4.69) is 6.92 Å². The van der Waals surface area contributed by atoms with Crippen LogP contribution in [0.2, 0.25) is 0 Å². The van der Waals surface area contributed by atoms with E-state index in [-0.39, 0.29) is 5.91 Å². The Labute approximate surface area is 123 Å². The molecule has 0 unspecified atom stereocenters. The summed E-state index contributed by atoms with van der Waals surface area (Å²) in [7, 11) is 1.84. The van der Waals surface area contributed by atoms with Gasteiger partial charge in [0.2, 0.25) is 5.91 Å². The van der Waals surface area contributed by atoms with Crippen LogP contribution in [0.25, 0.3) is 0 Å². The molecule has 1 amide bonds. The molecule has 0 atom stereocenters. The molecule has 112 valence electrons. The summed E-state index contributed by atoms with van der Waals surface area (Å²) in [6.45, 7) is 2.72. The lowest BCUT2D eigenvalue weighted by Gasteiger charge is -2.18. The van der Waals surface area contributed by atoms with Gasteiger partial charge in [-0.25, -0.2) is 0 Å². The van der Waals surface area contributed by atoms with Crippen LogP contribution in [0.5, 0.6) is 0 Å². The van der Waals surface area contributed by atoms with Gasteiger partial charge in [-0.2, -0.15) is 0 Å². The van der Waals surface area contributed by atoms with Gasteiger partial charge in [0.1, 0.15) is 0 Å². The van der Waals surface area contributed by atoms with Crippen molar-refractivity contribution >= 4 is 11.6 Å². The second-order valence-electron chi connectivity index (χ2n) is 5.34. The lowest BCUT2D eigenvalue weighted by molar-refractivity contribution is -0.118. The number of hydrogen-bond donors (Lipinski definition) is 1. The minimum absolute atomic E-state index is 0.190. The summed E-state index contributed by atoms with van der Waals surface area (Å²) in [5.74, 6) is 0.190. The monoisotopic (exact) mass is 276 g/mol. The molecular weight excluding hydrogens is 248 g/mol. The number of amides is 1. The van der Waals surface area contributed by atoms with Crippen LogP contribution in [0.4, 0.5) is 5.69 Å². The van der Waals surface area contributed by atoms with Crippen molar-refractivity contribution < 1.29 is 4.79 Å². The van der Waals surface area contributed by atoms with E-state index in [0.29, 0.717) is 13.0 Å². The van der Waals surface area contributed by atoms with Crippen molar-refractivity contribution in [3.63, 3.8) is 0 Å². The van der Waals surface area contributed by atoms with Crippen molar-refractivity contribution in [3.05, 3.63) is 29.8 Å². The predicted molar refractivity (Wildman–Crippen MR) is 85.7 cm³/mol. The Morgan fingerprint density at radius 1 is 1.15 bits per heavy atom. The van der Waals surface area contributed by atoms with Gasteiger partial charge in [0.05, 0.1) is 0 Å². The summed E-state index contributed by atoms with van der Waals surface area (Å²) in [4.78, 5) is 13.9. The third kappa shape index (κ3) is 5.74. The molecule has 0 radical (unpaired) electrons. The van der Waals surface area contributed by atoms with Gasteiger partial charge < -0.3 is 10.6 Å². The molecular formula is C17H28N2O. The second kappa shape index (κ2) is 9.54. The van der Waals surface area contributed by atoms with Gasteiger partial charge in [-0.1, -0.05) is 51.2 Å². The lowest BCUT2D eigenvalue weighted by Crippen LogP contribution is -2.25. The Kier molecular flexibility index (Phi) is 7.97.